The normalized spacial score (nSPS) is 10.3. The van der Waals surface area contributed by atoms with Crippen LogP contribution in [0.3, 0.4) is 0 Å². The fraction of sp³-hybridized carbons (Fsp3) is 0.316. The fourth-order valence-electron chi connectivity index (χ4n) is 2.26. The molecule has 0 fully saturated rings. The molecular weight excluding hydrogens is 354 g/mol. The Kier molecular flexibility index (Phi) is 7.14. The Morgan fingerprint density at radius 1 is 1.09 bits per heavy atom. The summed E-state index contributed by atoms with van der Waals surface area (Å²) in [5, 5.41) is 2.93. The Labute approximate surface area is 146 Å². The van der Waals surface area contributed by atoms with E-state index in [2.05, 4.69) is 21.2 Å². The number of nitrogens with one attached hydrogen (secondary N) is 1. The van der Waals surface area contributed by atoms with E-state index in [1.54, 1.807) is 0 Å². The van der Waals surface area contributed by atoms with Crippen molar-refractivity contribution in [1.29, 1.82) is 0 Å². The first-order chi connectivity index (χ1) is 11.1. The van der Waals surface area contributed by atoms with Gasteiger partial charge in [0, 0.05) is 16.6 Å². The molecule has 0 atom stereocenters. The van der Waals surface area contributed by atoms with E-state index in [0.29, 0.717) is 13.0 Å². The van der Waals surface area contributed by atoms with E-state index < -0.39 is 0 Å². The van der Waals surface area contributed by atoms with E-state index >= 15 is 0 Å². The zero-order chi connectivity index (χ0) is 16.5. The molecule has 0 spiro atoms. The van der Waals surface area contributed by atoms with Crippen LogP contribution in [0.5, 0.6) is 5.75 Å². The maximum atomic E-state index is 11.9. The van der Waals surface area contributed by atoms with Crippen molar-refractivity contribution < 1.29 is 9.53 Å². The Bertz CT molecular complexity index is 643. The standard InChI is InChI=1S/C19H22BrNO2/c1-15-7-5-9-17(13-15)21-19(22)11-3-2-4-12-23-18-10-6-8-16(20)14-18/h5-10,13-14H,2-4,11-12H2,1H3,(H,21,22). The highest BCUT2D eigenvalue weighted by Gasteiger charge is 2.02. The lowest BCUT2D eigenvalue weighted by Crippen LogP contribution is -2.11. The predicted molar refractivity (Wildman–Crippen MR) is 97.9 cm³/mol. The molecule has 0 aliphatic rings. The Balaban J connectivity index is 1.57. The molecule has 23 heavy (non-hydrogen) atoms. The van der Waals surface area contributed by atoms with Crippen molar-refractivity contribution in [3.05, 3.63) is 58.6 Å². The molecule has 0 aliphatic carbocycles. The Morgan fingerprint density at radius 3 is 2.70 bits per heavy atom. The van der Waals surface area contributed by atoms with Crippen LogP contribution in [0.1, 0.15) is 31.2 Å². The summed E-state index contributed by atoms with van der Waals surface area (Å²) in [7, 11) is 0. The first kappa shape index (κ1) is 17.5. The summed E-state index contributed by atoms with van der Waals surface area (Å²) in [6, 6.07) is 15.7. The highest BCUT2D eigenvalue weighted by Crippen LogP contribution is 2.18. The number of aryl methyl sites for hydroxylation is 1. The average molecular weight is 376 g/mol. The van der Waals surface area contributed by atoms with Crippen LogP contribution in [-0.2, 0) is 4.79 Å². The lowest BCUT2D eigenvalue weighted by molar-refractivity contribution is -0.116. The molecule has 0 unspecified atom stereocenters. The molecule has 1 amide bonds. The molecule has 2 aromatic carbocycles. The van der Waals surface area contributed by atoms with Crippen molar-refractivity contribution in [3.8, 4) is 5.75 Å². The van der Waals surface area contributed by atoms with Gasteiger partial charge in [0.05, 0.1) is 6.61 Å². The van der Waals surface area contributed by atoms with Gasteiger partial charge in [-0.25, -0.2) is 0 Å². The number of hydrogen-bond acceptors (Lipinski definition) is 2. The third-order valence-corrected chi connectivity index (χ3v) is 3.91. The maximum absolute atomic E-state index is 11.9. The van der Waals surface area contributed by atoms with Gasteiger partial charge in [-0.1, -0.05) is 34.1 Å². The zero-order valence-corrected chi connectivity index (χ0v) is 14.9. The van der Waals surface area contributed by atoms with Gasteiger partial charge in [-0.3, -0.25) is 4.79 Å². The Morgan fingerprint density at radius 2 is 1.91 bits per heavy atom. The van der Waals surface area contributed by atoms with Crippen LogP contribution in [0.25, 0.3) is 0 Å². The summed E-state index contributed by atoms with van der Waals surface area (Å²) in [6.45, 7) is 2.69. The number of unbranched alkanes of at least 4 members (excludes halogenated alkanes) is 2. The van der Waals surface area contributed by atoms with Crippen LogP contribution in [0.15, 0.2) is 53.0 Å². The Hall–Kier alpha value is -1.81. The van der Waals surface area contributed by atoms with Crippen molar-refractivity contribution in [1.82, 2.24) is 0 Å². The molecule has 2 aromatic rings. The number of carbonyl (C=O) groups is 1. The second kappa shape index (κ2) is 9.36. The smallest absolute Gasteiger partial charge is 0.224 e. The molecule has 0 radical (unpaired) electrons. The first-order valence-electron chi connectivity index (χ1n) is 7.88. The molecule has 3 nitrogen and oxygen atoms in total. The minimum absolute atomic E-state index is 0.0727. The maximum Gasteiger partial charge on any atom is 0.224 e. The van der Waals surface area contributed by atoms with Crippen molar-refractivity contribution in [2.24, 2.45) is 0 Å². The summed E-state index contributed by atoms with van der Waals surface area (Å²) < 4.78 is 6.69. The van der Waals surface area contributed by atoms with E-state index in [4.69, 9.17) is 4.74 Å². The van der Waals surface area contributed by atoms with Gasteiger partial charge in [-0.05, 0) is 62.1 Å². The lowest BCUT2D eigenvalue weighted by Gasteiger charge is -2.07. The number of hydrogen-bond donors (Lipinski definition) is 1. The predicted octanol–water partition coefficient (Wildman–Crippen LogP) is 5.34. The van der Waals surface area contributed by atoms with Crippen molar-refractivity contribution in [2.45, 2.75) is 32.6 Å². The van der Waals surface area contributed by atoms with Gasteiger partial charge in [0.1, 0.15) is 5.75 Å². The topological polar surface area (TPSA) is 38.3 Å². The lowest BCUT2D eigenvalue weighted by atomic mass is 10.2. The van der Waals surface area contributed by atoms with Crippen molar-refractivity contribution >= 4 is 27.5 Å². The monoisotopic (exact) mass is 375 g/mol. The van der Waals surface area contributed by atoms with Crippen LogP contribution in [-0.4, -0.2) is 12.5 Å². The van der Waals surface area contributed by atoms with E-state index in [1.165, 1.54) is 0 Å². The second-order valence-corrected chi connectivity index (χ2v) is 6.45. The summed E-state index contributed by atoms with van der Waals surface area (Å²) in [5.41, 5.74) is 2.01. The van der Waals surface area contributed by atoms with Gasteiger partial charge in [0.15, 0.2) is 0 Å². The number of ether oxygens (including phenoxy) is 1. The van der Waals surface area contributed by atoms with Crippen LogP contribution >= 0.6 is 15.9 Å². The number of amides is 1. The largest absolute Gasteiger partial charge is 0.494 e. The van der Waals surface area contributed by atoms with Crippen LogP contribution in [0.4, 0.5) is 5.69 Å². The quantitative estimate of drug-likeness (QED) is 0.632. The van der Waals surface area contributed by atoms with Gasteiger partial charge < -0.3 is 10.1 Å². The zero-order valence-electron chi connectivity index (χ0n) is 13.3. The molecule has 122 valence electrons. The van der Waals surface area contributed by atoms with Gasteiger partial charge >= 0.3 is 0 Å². The fourth-order valence-corrected chi connectivity index (χ4v) is 2.64. The van der Waals surface area contributed by atoms with E-state index in [1.807, 2.05) is 55.5 Å². The summed E-state index contributed by atoms with van der Waals surface area (Å²) >= 11 is 3.42. The second-order valence-electron chi connectivity index (χ2n) is 5.53. The molecule has 1 N–H and O–H groups in total. The van der Waals surface area contributed by atoms with E-state index in [9.17, 15) is 4.79 Å². The molecule has 4 heteroatoms. The van der Waals surface area contributed by atoms with Gasteiger partial charge in [0.25, 0.3) is 0 Å². The first-order valence-corrected chi connectivity index (χ1v) is 8.68. The number of carbonyl (C=O) groups excluding carboxylic acids is 1. The third kappa shape index (κ3) is 6.87. The van der Waals surface area contributed by atoms with Crippen LogP contribution < -0.4 is 10.1 Å². The minimum atomic E-state index is 0.0727. The molecule has 0 aliphatic heterocycles. The van der Waals surface area contributed by atoms with Gasteiger partial charge in [-0.2, -0.15) is 0 Å². The minimum Gasteiger partial charge on any atom is -0.494 e. The van der Waals surface area contributed by atoms with Gasteiger partial charge in [-0.15, -0.1) is 0 Å². The molecule has 0 saturated carbocycles. The van der Waals surface area contributed by atoms with Crippen molar-refractivity contribution in [2.75, 3.05) is 11.9 Å². The average Bonchev–Trinajstić information content (AvgIpc) is 2.51. The van der Waals surface area contributed by atoms with Crippen molar-refractivity contribution in [3.63, 3.8) is 0 Å². The highest BCUT2D eigenvalue weighted by atomic mass is 79.9. The number of anilines is 1. The van der Waals surface area contributed by atoms with Gasteiger partial charge in [0.2, 0.25) is 5.91 Å². The van der Waals surface area contributed by atoms with Crippen LogP contribution in [0.2, 0.25) is 0 Å². The summed E-state index contributed by atoms with van der Waals surface area (Å²) in [5.74, 6) is 0.945. The number of rotatable bonds is 8. The SMILES string of the molecule is Cc1cccc(NC(=O)CCCCCOc2cccc(Br)c2)c1. The van der Waals surface area contributed by atoms with E-state index in [-0.39, 0.29) is 5.91 Å². The van der Waals surface area contributed by atoms with Crippen LogP contribution in [0, 0.1) is 6.92 Å². The molecular formula is C19H22BrNO2. The molecule has 0 saturated heterocycles. The van der Waals surface area contributed by atoms with E-state index in [0.717, 1.165) is 40.7 Å². The molecule has 0 heterocycles. The molecule has 0 aromatic heterocycles. The summed E-state index contributed by atoms with van der Waals surface area (Å²) in [6.07, 6.45) is 3.35. The highest BCUT2D eigenvalue weighted by molar-refractivity contribution is 9.10. The summed E-state index contributed by atoms with van der Waals surface area (Å²) in [4.78, 5) is 11.9. The molecule has 0 bridgehead atoms. The number of benzene rings is 2. The number of halogens is 1. The molecule has 2 rings (SSSR count). The third-order valence-electron chi connectivity index (χ3n) is 3.41.